The van der Waals surface area contributed by atoms with Gasteiger partial charge in [0.15, 0.2) is 5.60 Å². The largest absolute Gasteiger partial charge is 0.523 e. The number of aromatic nitrogens is 2. The maximum Gasteiger partial charge on any atom is 0.523 e. The molecular weight excluding hydrogens is 327 g/mol. The van der Waals surface area contributed by atoms with E-state index < -0.39 is 18.1 Å². The van der Waals surface area contributed by atoms with Crippen LogP contribution in [0.1, 0.15) is 50.0 Å². The number of hydrogen-bond acceptors (Lipinski definition) is 6. The average Bonchev–Trinajstić information content (AvgIpc) is 2.83. The van der Waals surface area contributed by atoms with Crippen LogP contribution in [0, 0.1) is 0 Å². The molecule has 1 saturated carbocycles. The van der Waals surface area contributed by atoms with Gasteiger partial charge in [0.25, 0.3) is 0 Å². The molecular formula is C12H17ClF3N3O3. The van der Waals surface area contributed by atoms with E-state index >= 15 is 0 Å². The number of rotatable bonds is 3. The van der Waals surface area contributed by atoms with Crippen LogP contribution in [0.4, 0.5) is 13.2 Å². The fraction of sp³-hybridized carbons (Fsp3) is 0.833. The summed E-state index contributed by atoms with van der Waals surface area (Å²) in [5.41, 5.74) is 4.18. The van der Waals surface area contributed by atoms with Crippen LogP contribution in [-0.2, 0) is 15.1 Å². The molecule has 22 heavy (non-hydrogen) atoms. The van der Waals surface area contributed by atoms with Crippen LogP contribution in [0.5, 0.6) is 0 Å². The molecule has 1 aromatic heterocycles. The normalized spacial score (nSPS) is 27.8. The molecule has 10 heteroatoms. The van der Waals surface area contributed by atoms with Gasteiger partial charge in [-0.3, -0.25) is 4.74 Å². The molecule has 0 bridgehead atoms. The lowest BCUT2D eigenvalue weighted by molar-refractivity contribution is -0.387. The quantitative estimate of drug-likeness (QED) is 0.908. The SMILES string of the molecule is Cl.NC1CCC(c2nnc(C3(OC(F)(F)F)CCC3)o2)OC1. The highest BCUT2D eigenvalue weighted by Gasteiger charge is 2.52. The molecule has 6 nitrogen and oxygen atoms in total. The summed E-state index contributed by atoms with van der Waals surface area (Å²) < 4.78 is 52.6. The second-order valence-corrected chi connectivity index (χ2v) is 5.50. The maximum absolute atomic E-state index is 12.5. The van der Waals surface area contributed by atoms with Gasteiger partial charge in [-0.05, 0) is 32.1 Å². The van der Waals surface area contributed by atoms with Gasteiger partial charge < -0.3 is 14.9 Å². The smallest absolute Gasteiger partial charge is 0.419 e. The van der Waals surface area contributed by atoms with Crippen molar-refractivity contribution >= 4 is 12.4 Å². The molecule has 0 radical (unpaired) electrons. The summed E-state index contributed by atoms with van der Waals surface area (Å²) in [5, 5.41) is 7.55. The molecule has 2 aliphatic rings. The van der Waals surface area contributed by atoms with Crippen molar-refractivity contribution in [2.45, 2.75) is 56.2 Å². The third-order valence-electron chi connectivity index (χ3n) is 3.89. The van der Waals surface area contributed by atoms with Crippen LogP contribution in [0.2, 0.25) is 0 Å². The zero-order valence-corrected chi connectivity index (χ0v) is 12.5. The van der Waals surface area contributed by atoms with E-state index in [4.69, 9.17) is 14.9 Å². The lowest BCUT2D eigenvalue weighted by atomic mass is 9.80. The van der Waals surface area contributed by atoms with Crippen LogP contribution in [0.15, 0.2) is 4.42 Å². The minimum absolute atomic E-state index is 0. The highest BCUT2D eigenvalue weighted by atomic mass is 35.5. The van der Waals surface area contributed by atoms with Crippen molar-refractivity contribution in [3.05, 3.63) is 11.8 Å². The van der Waals surface area contributed by atoms with E-state index in [1.54, 1.807) is 0 Å². The Morgan fingerprint density at radius 2 is 1.95 bits per heavy atom. The molecule has 1 aliphatic heterocycles. The Kier molecular flexibility index (Phi) is 5.00. The van der Waals surface area contributed by atoms with E-state index in [1.807, 2.05) is 0 Å². The highest BCUT2D eigenvalue weighted by molar-refractivity contribution is 5.85. The monoisotopic (exact) mass is 343 g/mol. The topological polar surface area (TPSA) is 83.4 Å². The summed E-state index contributed by atoms with van der Waals surface area (Å²) >= 11 is 0. The molecule has 0 aromatic carbocycles. The van der Waals surface area contributed by atoms with Crippen LogP contribution in [-0.4, -0.2) is 29.2 Å². The minimum Gasteiger partial charge on any atom is -0.419 e. The number of halogens is 4. The van der Waals surface area contributed by atoms with Crippen molar-refractivity contribution in [3.63, 3.8) is 0 Å². The van der Waals surface area contributed by atoms with Crippen LogP contribution >= 0.6 is 12.4 Å². The predicted molar refractivity (Wildman–Crippen MR) is 70.1 cm³/mol. The van der Waals surface area contributed by atoms with Gasteiger partial charge >= 0.3 is 6.36 Å². The maximum atomic E-state index is 12.5. The molecule has 2 fully saturated rings. The molecule has 2 unspecified atom stereocenters. The van der Waals surface area contributed by atoms with Crippen molar-refractivity contribution in [1.82, 2.24) is 10.2 Å². The molecule has 1 saturated heterocycles. The molecule has 2 N–H and O–H groups in total. The minimum atomic E-state index is -4.73. The van der Waals surface area contributed by atoms with Crippen molar-refractivity contribution in [1.29, 1.82) is 0 Å². The summed E-state index contributed by atoms with van der Waals surface area (Å²) in [6, 6.07) is -0.0322. The predicted octanol–water partition coefficient (Wildman–Crippen LogP) is 2.59. The Labute approximate surface area is 130 Å². The van der Waals surface area contributed by atoms with Gasteiger partial charge in [-0.2, -0.15) is 0 Å². The van der Waals surface area contributed by atoms with Gasteiger partial charge in [-0.1, -0.05) is 0 Å². The Hall–Kier alpha value is -0.900. The summed E-state index contributed by atoms with van der Waals surface area (Å²) in [7, 11) is 0. The summed E-state index contributed by atoms with van der Waals surface area (Å²) in [6.07, 6.45) is -2.74. The molecule has 2 atom stereocenters. The van der Waals surface area contributed by atoms with Crippen molar-refractivity contribution in [3.8, 4) is 0 Å². The number of alkyl halides is 3. The highest BCUT2D eigenvalue weighted by Crippen LogP contribution is 2.48. The van der Waals surface area contributed by atoms with E-state index in [9.17, 15) is 13.2 Å². The Bertz CT molecular complexity index is 499. The molecule has 0 spiro atoms. The third kappa shape index (κ3) is 3.53. The first-order valence-corrected chi connectivity index (χ1v) is 6.86. The van der Waals surface area contributed by atoms with Gasteiger partial charge in [-0.25, -0.2) is 0 Å². The molecule has 1 aromatic rings. The van der Waals surface area contributed by atoms with Crippen LogP contribution < -0.4 is 5.73 Å². The average molecular weight is 344 g/mol. The van der Waals surface area contributed by atoms with Gasteiger partial charge in [0, 0.05) is 6.04 Å². The molecule has 1 aliphatic carbocycles. The van der Waals surface area contributed by atoms with Crippen molar-refractivity contribution in [2.75, 3.05) is 6.61 Å². The zero-order valence-electron chi connectivity index (χ0n) is 11.6. The summed E-state index contributed by atoms with van der Waals surface area (Å²) in [6.45, 7) is 0.368. The first-order valence-electron chi connectivity index (χ1n) is 6.86. The van der Waals surface area contributed by atoms with Crippen LogP contribution in [0.25, 0.3) is 0 Å². The molecule has 126 valence electrons. The van der Waals surface area contributed by atoms with E-state index in [2.05, 4.69) is 14.9 Å². The second-order valence-electron chi connectivity index (χ2n) is 5.50. The zero-order chi connectivity index (χ0) is 15.1. The Morgan fingerprint density at radius 1 is 1.23 bits per heavy atom. The van der Waals surface area contributed by atoms with Crippen LogP contribution in [0.3, 0.4) is 0 Å². The lowest BCUT2D eigenvalue weighted by Crippen LogP contribution is -2.42. The third-order valence-corrected chi connectivity index (χ3v) is 3.89. The van der Waals surface area contributed by atoms with E-state index in [-0.39, 0.29) is 43.1 Å². The van der Waals surface area contributed by atoms with Gasteiger partial charge in [-0.15, -0.1) is 35.8 Å². The fourth-order valence-corrected chi connectivity index (χ4v) is 2.59. The van der Waals surface area contributed by atoms with Gasteiger partial charge in [0.2, 0.25) is 11.8 Å². The lowest BCUT2D eigenvalue weighted by Gasteiger charge is -2.38. The number of hydrogen-bond donors (Lipinski definition) is 1. The summed E-state index contributed by atoms with van der Waals surface area (Å²) in [4.78, 5) is 0. The molecule has 3 rings (SSSR count). The first-order chi connectivity index (χ1) is 9.88. The number of nitrogens with zero attached hydrogens (tertiary/aromatic N) is 2. The van der Waals surface area contributed by atoms with Crippen molar-refractivity contribution < 1.29 is 27.1 Å². The Morgan fingerprint density at radius 3 is 2.45 bits per heavy atom. The fourth-order valence-electron chi connectivity index (χ4n) is 2.59. The number of ether oxygens (including phenoxy) is 2. The van der Waals surface area contributed by atoms with E-state index in [0.717, 1.165) is 6.42 Å². The number of nitrogens with two attached hydrogens (primary N) is 1. The molecule has 0 amide bonds. The van der Waals surface area contributed by atoms with Crippen molar-refractivity contribution in [2.24, 2.45) is 5.73 Å². The first kappa shape index (κ1) is 17.5. The summed E-state index contributed by atoms with van der Waals surface area (Å²) in [5.74, 6) is 0.0634. The van der Waals surface area contributed by atoms with Gasteiger partial charge in [0.05, 0.1) is 6.61 Å². The van der Waals surface area contributed by atoms with Gasteiger partial charge in [0.1, 0.15) is 6.10 Å². The molecule has 2 heterocycles. The van der Waals surface area contributed by atoms with E-state index in [1.165, 1.54) is 0 Å². The van der Waals surface area contributed by atoms with E-state index in [0.29, 0.717) is 19.4 Å². The Balaban J connectivity index is 0.00000176. The second kappa shape index (κ2) is 6.31. The standard InChI is InChI=1S/C12H16F3N3O3.ClH/c13-12(14,15)21-11(4-1-5-11)10-18-17-9(20-10)8-3-2-7(16)6-19-8;/h7-8H,1-6,16H2;1H.